The van der Waals surface area contributed by atoms with Gasteiger partial charge < -0.3 is 10.4 Å². The van der Waals surface area contributed by atoms with E-state index in [0.717, 1.165) is 31.4 Å². The molecule has 1 rings (SSSR count). The number of thioether (sulfide) groups is 1. The lowest BCUT2D eigenvalue weighted by atomic mass is 9.87. The van der Waals surface area contributed by atoms with E-state index in [-0.39, 0.29) is 12.1 Å². The van der Waals surface area contributed by atoms with Crippen LogP contribution in [0.3, 0.4) is 0 Å². The summed E-state index contributed by atoms with van der Waals surface area (Å²) in [5.41, 5.74) is -0.277. The highest BCUT2D eigenvalue weighted by Gasteiger charge is 2.41. The molecule has 17 heavy (non-hydrogen) atoms. The fourth-order valence-corrected chi connectivity index (χ4v) is 3.77. The van der Waals surface area contributed by atoms with E-state index in [1.807, 2.05) is 18.8 Å². The molecule has 0 amide bonds. The lowest BCUT2D eigenvalue weighted by Gasteiger charge is -2.28. The Bertz CT molecular complexity index is 267. The van der Waals surface area contributed by atoms with Gasteiger partial charge >= 0.3 is 0 Å². The first kappa shape index (κ1) is 14.8. The van der Waals surface area contributed by atoms with Gasteiger partial charge in [0, 0.05) is 11.9 Å². The van der Waals surface area contributed by atoms with E-state index in [0.29, 0.717) is 11.2 Å². The summed E-state index contributed by atoms with van der Waals surface area (Å²) in [7, 11) is 1.91. The Kier molecular flexibility index (Phi) is 6.32. The summed E-state index contributed by atoms with van der Waals surface area (Å²) in [6, 6.07) is 2.48. The van der Waals surface area contributed by atoms with Gasteiger partial charge in [0.05, 0.1) is 6.07 Å². The third-order valence-electron chi connectivity index (χ3n) is 3.87. The zero-order valence-corrected chi connectivity index (χ0v) is 11.7. The van der Waals surface area contributed by atoms with Crippen molar-refractivity contribution in [2.75, 3.05) is 19.4 Å². The van der Waals surface area contributed by atoms with E-state index in [9.17, 15) is 5.26 Å². The maximum atomic E-state index is 9.33. The van der Waals surface area contributed by atoms with E-state index >= 15 is 0 Å². The molecule has 0 spiro atoms. The van der Waals surface area contributed by atoms with Crippen LogP contribution in [0, 0.1) is 17.2 Å². The molecule has 0 heterocycles. The first-order valence-electron chi connectivity index (χ1n) is 6.51. The third kappa shape index (κ3) is 3.87. The van der Waals surface area contributed by atoms with Gasteiger partial charge in [-0.2, -0.15) is 17.0 Å². The normalized spacial score (nSPS) is 30.1. The smallest absolute Gasteiger partial charge is 0.109 e. The van der Waals surface area contributed by atoms with E-state index < -0.39 is 0 Å². The molecular weight excluding hydrogens is 232 g/mol. The van der Waals surface area contributed by atoms with Crippen molar-refractivity contribution in [2.24, 2.45) is 5.92 Å². The molecule has 0 aromatic heterocycles. The molecule has 1 aliphatic carbocycles. The van der Waals surface area contributed by atoms with Crippen LogP contribution < -0.4 is 5.32 Å². The van der Waals surface area contributed by atoms with Gasteiger partial charge in [-0.05, 0) is 44.4 Å². The van der Waals surface area contributed by atoms with Crippen molar-refractivity contribution in [3.05, 3.63) is 0 Å². The molecule has 0 saturated heterocycles. The Balaban J connectivity index is 2.34. The van der Waals surface area contributed by atoms with Crippen molar-refractivity contribution < 1.29 is 5.11 Å². The van der Waals surface area contributed by atoms with Gasteiger partial charge in [-0.25, -0.2) is 0 Å². The van der Waals surface area contributed by atoms with Crippen molar-refractivity contribution >= 4 is 11.8 Å². The third-order valence-corrected chi connectivity index (χ3v) is 5.15. The van der Waals surface area contributed by atoms with E-state index in [2.05, 4.69) is 18.3 Å². The highest BCUT2D eigenvalue weighted by Crippen LogP contribution is 2.38. The molecule has 0 radical (unpaired) electrons. The topological polar surface area (TPSA) is 56.0 Å². The lowest BCUT2D eigenvalue weighted by molar-refractivity contribution is 0.288. The standard InChI is InChI=1S/C13H24N2OS/c1-11(5-8-16)17-9-6-12-4-3-7-13(12,10-14)15-2/h11-12,15-16H,3-9H2,1-2H3. The lowest BCUT2D eigenvalue weighted by Crippen LogP contribution is -2.45. The number of hydrogen-bond donors (Lipinski definition) is 2. The summed E-state index contributed by atoms with van der Waals surface area (Å²) in [6.45, 7) is 2.43. The predicted molar refractivity (Wildman–Crippen MR) is 73.0 cm³/mol. The minimum absolute atomic E-state index is 0.274. The van der Waals surface area contributed by atoms with Gasteiger partial charge in [0.1, 0.15) is 5.54 Å². The molecule has 0 bridgehead atoms. The number of aliphatic hydroxyl groups excluding tert-OH is 1. The summed E-state index contributed by atoms with van der Waals surface area (Å²) < 4.78 is 0. The molecule has 1 saturated carbocycles. The molecule has 3 unspecified atom stereocenters. The second kappa shape index (κ2) is 7.25. The van der Waals surface area contributed by atoms with Crippen molar-refractivity contribution in [1.29, 1.82) is 5.26 Å². The van der Waals surface area contributed by atoms with Crippen LogP contribution in [0.25, 0.3) is 0 Å². The van der Waals surface area contributed by atoms with Crippen molar-refractivity contribution in [2.45, 2.75) is 49.8 Å². The molecule has 4 heteroatoms. The highest BCUT2D eigenvalue weighted by molar-refractivity contribution is 7.99. The Morgan fingerprint density at radius 3 is 3.00 bits per heavy atom. The van der Waals surface area contributed by atoms with Crippen LogP contribution in [-0.2, 0) is 0 Å². The molecule has 1 fully saturated rings. The van der Waals surface area contributed by atoms with Gasteiger partial charge in [0.2, 0.25) is 0 Å². The Morgan fingerprint density at radius 1 is 1.65 bits per heavy atom. The van der Waals surface area contributed by atoms with Crippen molar-refractivity contribution in [3.8, 4) is 6.07 Å². The largest absolute Gasteiger partial charge is 0.396 e. The Morgan fingerprint density at radius 2 is 2.41 bits per heavy atom. The van der Waals surface area contributed by atoms with E-state index in [1.165, 1.54) is 6.42 Å². The number of nitrogens with zero attached hydrogens (tertiary/aromatic N) is 1. The number of hydrogen-bond acceptors (Lipinski definition) is 4. The SMILES string of the molecule is CNC1(C#N)CCCC1CCSC(C)CCO. The summed E-state index contributed by atoms with van der Waals surface area (Å²) in [5.74, 6) is 1.59. The van der Waals surface area contributed by atoms with Gasteiger partial charge in [-0.3, -0.25) is 0 Å². The van der Waals surface area contributed by atoms with Crippen LogP contribution in [0.2, 0.25) is 0 Å². The number of nitrogens with one attached hydrogen (secondary N) is 1. The first-order chi connectivity index (χ1) is 8.18. The van der Waals surface area contributed by atoms with Crippen LogP contribution in [0.5, 0.6) is 0 Å². The minimum atomic E-state index is -0.277. The van der Waals surface area contributed by atoms with Crippen LogP contribution in [0.1, 0.15) is 39.0 Å². The minimum Gasteiger partial charge on any atom is -0.396 e. The van der Waals surface area contributed by atoms with Crippen LogP contribution in [0.4, 0.5) is 0 Å². The molecule has 0 aliphatic heterocycles. The maximum Gasteiger partial charge on any atom is 0.109 e. The Hall–Kier alpha value is -0.240. The van der Waals surface area contributed by atoms with E-state index in [1.54, 1.807) is 0 Å². The molecule has 3 atom stereocenters. The van der Waals surface area contributed by atoms with Gasteiger partial charge in [-0.1, -0.05) is 13.3 Å². The fourth-order valence-electron chi connectivity index (χ4n) is 2.68. The van der Waals surface area contributed by atoms with Gasteiger partial charge in [0.15, 0.2) is 0 Å². The quantitative estimate of drug-likeness (QED) is 0.733. The summed E-state index contributed by atoms with van der Waals surface area (Å²) in [4.78, 5) is 0. The molecule has 98 valence electrons. The van der Waals surface area contributed by atoms with Crippen LogP contribution in [0.15, 0.2) is 0 Å². The number of nitriles is 1. The number of rotatable bonds is 7. The molecule has 3 nitrogen and oxygen atoms in total. The zero-order chi connectivity index (χ0) is 12.7. The second-order valence-corrected chi connectivity index (χ2v) is 6.45. The maximum absolute atomic E-state index is 9.33. The molecule has 2 N–H and O–H groups in total. The Labute approximate surface area is 109 Å². The first-order valence-corrected chi connectivity index (χ1v) is 7.56. The fraction of sp³-hybridized carbons (Fsp3) is 0.923. The molecule has 0 aromatic rings. The summed E-state index contributed by atoms with van der Waals surface area (Å²) >= 11 is 1.91. The van der Waals surface area contributed by atoms with Crippen molar-refractivity contribution in [3.63, 3.8) is 0 Å². The molecular formula is C13H24N2OS. The highest BCUT2D eigenvalue weighted by atomic mass is 32.2. The predicted octanol–water partition coefficient (Wildman–Crippen LogP) is 2.16. The number of aliphatic hydroxyl groups is 1. The second-order valence-electron chi connectivity index (χ2n) is 4.90. The van der Waals surface area contributed by atoms with Gasteiger partial charge in [-0.15, -0.1) is 0 Å². The van der Waals surface area contributed by atoms with Crippen LogP contribution in [-0.4, -0.2) is 35.3 Å². The van der Waals surface area contributed by atoms with Gasteiger partial charge in [0.25, 0.3) is 0 Å². The zero-order valence-electron chi connectivity index (χ0n) is 10.9. The average Bonchev–Trinajstić information content (AvgIpc) is 2.73. The molecule has 0 aromatic carbocycles. The monoisotopic (exact) mass is 256 g/mol. The molecule has 1 aliphatic rings. The van der Waals surface area contributed by atoms with Crippen LogP contribution >= 0.6 is 11.8 Å². The average molecular weight is 256 g/mol. The summed E-state index contributed by atoms with van der Waals surface area (Å²) in [5, 5.41) is 21.9. The summed E-state index contributed by atoms with van der Waals surface area (Å²) in [6.07, 6.45) is 5.29. The van der Waals surface area contributed by atoms with E-state index in [4.69, 9.17) is 5.11 Å². The van der Waals surface area contributed by atoms with Crippen molar-refractivity contribution in [1.82, 2.24) is 5.32 Å².